The maximum atomic E-state index is 11.5. The fourth-order valence-corrected chi connectivity index (χ4v) is 2.48. The number of nitrogens with zero attached hydrogens (tertiary/aromatic N) is 1. The predicted molar refractivity (Wildman–Crippen MR) is 78.1 cm³/mol. The zero-order valence-corrected chi connectivity index (χ0v) is 11.3. The first kappa shape index (κ1) is 12.9. The largest absolute Gasteiger partial charge is 0.488 e. The van der Waals surface area contributed by atoms with Crippen molar-refractivity contribution < 1.29 is 4.74 Å². The molecule has 1 aromatic heterocycles. The van der Waals surface area contributed by atoms with E-state index in [1.54, 1.807) is 16.7 Å². The lowest BCUT2D eigenvalue weighted by atomic mass is 10.1. The van der Waals surface area contributed by atoms with Gasteiger partial charge in [-0.3, -0.25) is 4.79 Å². The van der Waals surface area contributed by atoms with Crippen molar-refractivity contribution in [1.82, 2.24) is 9.88 Å². The Morgan fingerprint density at radius 2 is 2.05 bits per heavy atom. The van der Waals surface area contributed by atoms with Crippen LogP contribution in [0, 0.1) is 0 Å². The molecule has 0 aliphatic carbocycles. The number of ether oxygens (including phenoxy) is 1. The van der Waals surface area contributed by atoms with Crippen molar-refractivity contribution in [3.05, 3.63) is 64.6 Å². The molecule has 3 rings (SSSR count). The Balaban J connectivity index is 1.44. The number of hydrogen-bond donors (Lipinski definition) is 1. The van der Waals surface area contributed by atoms with E-state index in [1.165, 1.54) is 5.56 Å². The monoisotopic (exact) mass is 270 g/mol. The molecule has 2 aromatic rings. The molecule has 0 fully saturated rings. The molecular weight excluding hydrogens is 252 g/mol. The third kappa shape index (κ3) is 2.91. The summed E-state index contributed by atoms with van der Waals surface area (Å²) >= 11 is 0. The highest BCUT2D eigenvalue weighted by Gasteiger charge is 2.21. The second kappa shape index (κ2) is 5.92. The molecule has 1 atom stereocenters. The molecule has 20 heavy (non-hydrogen) atoms. The van der Waals surface area contributed by atoms with Crippen LogP contribution < -0.4 is 15.6 Å². The lowest BCUT2D eigenvalue weighted by molar-refractivity contribution is 0.227. The highest BCUT2D eigenvalue weighted by Crippen LogP contribution is 2.27. The second-order valence-corrected chi connectivity index (χ2v) is 4.99. The van der Waals surface area contributed by atoms with Gasteiger partial charge >= 0.3 is 0 Å². The highest BCUT2D eigenvalue weighted by molar-refractivity contribution is 5.37. The SMILES string of the molecule is O=c1ccccn1CCNCC1Cc2ccccc2O1. The fraction of sp³-hybridized carbons (Fsp3) is 0.312. The molecular formula is C16H18N2O2. The minimum absolute atomic E-state index is 0.0406. The van der Waals surface area contributed by atoms with Gasteiger partial charge < -0.3 is 14.6 Å². The summed E-state index contributed by atoms with van der Waals surface area (Å²) in [7, 11) is 0. The first-order valence-corrected chi connectivity index (χ1v) is 6.94. The molecule has 1 aliphatic heterocycles. The predicted octanol–water partition coefficient (Wildman–Crippen LogP) is 1.44. The molecule has 0 saturated carbocycles. The summed E-state index contributed by atoms with van der Waals surface area (Å²) in [5, 5.41) is 3.35. The highest BCUT2D eigenvalue weighted by atomic mass is 16.5. The number of nitrogens with one attached hydrogen (secondary N) is 1. The third-order valence-electron chi connectivity index (χ3n) is 3.51. The Morgan fingerprint density at radius 3 is 2.90 bits per heavy atom. The summed E-state index contributed by atoms with van der Waals surface area (Å²) in [5.74, 6) is 0.999. The Kier molecular flexibility index (Phi) is 3.83. The van der Waals surface area contributed by atoms with Crippen LogP contribution in [0.2, 0.25) is 0 Å². The van der Waals surface area contributed by atoms with Gasteiger partial charge in [-0.1, -0.05) is 24.3 Å². The molecule has 4 heteroatoms. The zero-order valence-electron chi connectivity index (χ0n) is 11.3. The van der Waals surface area contributed by atoms with Crippen molar-refractivity contribution in [2.45, 2.75) is 19.1 Å². The Labute approximate surface area is 118 Å². The van der Waals surface area contributed by atoms with Gasteiger partial charge in [0, 0.05) is 38.3 Å². The maximum Gasteiger partial charge on any atom is 0.250 e. The number of benzene rings is 1. The van der Waals surface area contributed by atoms with E-state index >= 15 is 0 Å². The molecule has 0 spiro atoms. The van der Waals surface area contributed by atoms with E-state index in [9.17, 15) is 4.79 Å². The molecule has 0 amide bonds. The molecule has 4 nitrogen and oxygen atoms in total. The Morgan fingerprint density at radius 1 is 1.20 bits per heavy atom. The molecule has 1 aromatic carbocycles. The van der Waals surface area contributed by atoms with Crippen LogP contribution >= 0.6 is 0 Å². The minimum atomic E-state index is 0.0406. The Bertz CT molecular complexity index is 611. The van der Waals surface area contributed by atoms with Crippen molar-refractivity contribution in [3.63, 3.8) is 0 Å². The summed E-state index contributed by atoms with van der Waals surface area (Å²) in [6.07, 6.45) is 2.96. The topological polar surface area (TPSA) is 43.3 Å². The van der Waals surface area contributed by atoms with Gasteiger partial charge in [-0.2, -0.15) is 0 Å². The molecule has 1 N–H and O–H groups in total. The first-order valence-electron chi connectivity index (χ1n) is 6.94. The summed E-state index contributed by atoms with van der Waals surface area (Å²) in [5.41, 5.74) is 1.32. The molecule has 0 saturated heterocycles. The molecule has 0 radical (unpaired) electrons. The number of aromatic nitrogens is 1. The maximum absolute atomic E-state index is 11.5. The zero-order chi connectivity index (χ0) is 13.8. The average molecular weight is 270 g/mol. The van der Waals surface area contributed by atoms with Gasteiger partial charge in [-0.25, -0.2) is 0 Å². The van der Waals surface area contributed by atoms with Crippen molar-refractivity contribution in [3.8, 4) is 5.75 Å². The first-order chi connectivity index (χ1) is 9.83. The van der Waals surface area contributed by atoms with Gasteiger partial charge in [0.2, 0.25) is 0 Å². The normalized spacial score (nSPS) is 16.7. The lowest BCUT2D eigenvalue weighted by Crippen LogP contribution is -2.33. The van der Waals surface area contributed by atoms with Crippen LogP contribution in [0.15, 0.2) is 53.5 Å². The summed E-state index contributed by atoms with van der Waals surface area (Å²) in [6, 6.07) is 13.4. The van der Waals surface area contributed by atoms with Gasteiger partial charge in [0.25, 0.3) is 5.56 Å². The lowest BCUT2D eigenvalue weighted by Gasteiger charge is -2.12. The fourth-order valence-electron chi connectivity index (χ4n) is 2.48. The van der Waals surface area contributed by atoms with Crippen LogP contribution in [0.1, 0.15) is 5.56 Å². The van der Waals surface area contributed by atoms with Crippen molar-refractivity contribution in [2.24, 2.45) is 0 Å². The van der Waals surface area contributed by atoms with Crippen LogP contribution in [-0.2, 0) is 13.0 Å². The minimum Gasteiger partial charge on any atom is -0.488 e. The van der Waals surface area contributed by atoms with Crippen molar-refractivity contribution in [2.75, 3.05) is 13.1 Å². The number of fused-ring (bicyclic) bond motifs is 1. The molecule has 1 aliphatic rings. The number of pyridine rings is 1. The standard InChI is InChI=1S/C16H18N2O2/c19-16-7-3-4-9-18(16)10-8-17-12-14-11-13-5-1-2-6-15(13)20-14/h1-7,9,14,17H,8,10-12H2. The van der Waals surface area contributed by atoms with Crippen molar-refractivity contribution in [1.29, 1.82) is 0 Å². The van der Waals surface area contributed by atoms with Gasteiger partial charge in [0.05, 0.1) is 0 Å². The van der Waals surface area contributed by atoms with Gasteiger partial charge in [0.15, 0.2) is 0 Å². The van der Waals surface area contributed by atoms with E-state index in [4.69, 9.17) is 4.74 Å². The van der Waals surface area contributed by atoms with E-state index in [0.717, 1.165) is 25.3 Å². The van der Waals surface area contributed by atoms with Crippen molar-refractivity contribution >= 4 is 0 Å². The number of rotatable bonds is 5. The molecule has 2 heterocycles. The van der Waals surface area contributed by atoms with Gasteiger partial charge in [0.1, 0.15) is 11.9 Å². The van der Waals surface area contributed by atoms with E-state index in [-0.39, 0.29) is 11.7 Å². The molecule has 104 valence electrons. The van der Waals surface area contributed by atoms with Crippen LogP contribution in [0.3, 0.4) is 0 Å². The summed E-state index contributed by atoms with van der Waals surface area (Å²) in [4.78, 5) is 11.5. The summed E-state index contributed by atoms with van der Waals surface area (Å²) < 4.78 is 7.56. The van der Waals surface area contributed by atoms with E-state index < -0.39 is 0 Å². The van der Waals surface area contributed by atoms with Gasteiger partial charge in [-0.05, 0) is 17.7 Å². The number of para-hydroxylation sites is 1. The summed E-state index contributed by atoms with van der Waals surface area (Å²) in [6.45, 7) is 2.25. The molecule has 0 bridgehead atoms. The van der Waals surface area contributed by atoms with E-state index in [1.807, 2.05) is 30.5 Å². The second-order valence-electron chi connectivity index (χ2n) is 4.99. The molecule has 1 unspecified atom stereocenters. The third-order valence-corrected chi connectivity index (χ3v) is 3.51. The van der Waals surface area contributed by atoms with Gasteiger partial charge in [-0.15, -0.1) is 0 Å². The Hall–Kier alpha value is -2.07. The smallest absolute Gasteiger partial charge is 0.250 e. The van der Waals surface area contributed by atoms with Crippen LogP contribution in [0.4, 0.5) is 0 Å². The van der Waals surface area contributed by atoms with E-state index in [0.29, 0.717) is 6.54 Å². The average Bonchev–Trinajstić information content (AvgIpc) is 2.88. The van der Waals surface area contributed by atoms with Crippen LogP contribution in [0.5, 0.6) is 5.75 Å². The number of hydrogen-bond acceptors (Lipinski definition) is 3. The van der Waals surface area contributed by atoms with Crippen LogP contribution in [-0.4, -0.2) is 23.8 Å². The van der Waals surface area contributed by atoms with E-state index in [2.05, 4.69) is 11.4 Å². The quantitative estimate of drug-likeness (QED) is 0.836. The van der Waals surface area contributed by atoms with Crippen LogP contribution in [0.25, 0.3) is 0 Å².